The minimum absolute atomic E-state index is 0.00194. The van der Waals surface area contributed by atoms with Gasteiger partial charge in [0.05, 0.1) is 23.8 Å². The summed E-state index contributed by atoms with van der Waals surface area (Å²) in [5.41, 5.74) is 0.817. The highest BCUT2D eigenvalue weighted by atomic mass is 32.2. The Bertz CT molecular complexity index is 624. The second-order valence-corrected chi connectivity index (χ2v) is 7.70. The van der Waals surface area contributed by atoms with Gasteiger partial charge in [-0.3, -0.25) is 14.5 Å². The van der Waals surface area contributed by atoms with E-state index in [9.17, 15) is 14.7 Å². The third-order valence-corrected chi connectivity index (χ3v) is 5.95. The molecule has 24 heavy (non-hydrogen) atoms. The smallest absolute Gasteiger partial charge is 0.261 e. The fourth-order valence-corrected chi connectivity index (χ4v) is 4.20. The minimum atomic E-state index is -0.792. The second kappa shape index (κ2) is 7.63. The summed E-state index contributed by atoms with van der Waals surface area (Å²) in [6.07, 6.45) is 2.75. The molecule has 1 aromatic carbocycles. The standard InChI is InChI=1S/C17H20N2O3S2/c20-12(11-24-17(23)18-8-4-1-5-9-18)10-19-15(21)13-6-2-3-7-14(13)16(19)22/h2-3,6-7,12,20H,1,4-5,8-11H2. The zero-order chi connectivity index (χ0) is 17.1. The Hall–Kier alpha value is -1.44. The number of β-amino-alcohol motifs (C(OH)–C–C–N with tert-alkyl or cyclic N) is 1. The Kier molecular flexibility index (Phi) is 5.53. The molecular formula is C17H20N2O3S2. The van der Waals surface area contributed by atoms with Crippen molar-refractivity contribution < 1.29 is 14.7 Å². The van der Waals surface area contributed by atoms with Crippen molar-refractivity contribution in [3.8, 4) is 0 Å². The Morgan fingerprint density at radius 1 is 1.12 bits per heavy atom. The van der Waals surface area contributed by atoms with Crippen molar-refractivity contribution in [2.45, 2.75) is 25.4 Å². The molecule has 0 saturated carbocycles. The number of likely N-dealkylation sites (tertiary alicyclic amines) is 1. The quantitative estimate of drug-likeness (QED) is 0.653. The van der Waals surface area contributed by atoms with Gasteiger partial charge in [0.2, 0.25) is 0 Å². The predicted octanol–water partition coefficient (Wildman–Crippen LogP) is 2.15. The van der Waals surface area contributed by atoms with Crippen LogP contribution in [0.2, 0.25) is 0 Å². The Morgan fingerprint density at radius 3 is 2.29 bits per heavy atom. The number of piperidine rings is 1. The van der Waals surface area contributed by atoms with Gasteiger partial charge in [0.15, 0.2) is 0 Å². The van der Waals surface area contributed by atoms with Crippen molar-refractivity contribution in [3.05, 3.63) is 35.4 Å². The summed E-state index contributed by atoms with van der Waals surface area (Å²) in [6.45, 7) is 1.95. The van der Waals surface area contributed by atoms with Crippen LogP contribution < -0.4 is 0 Å². The van der Waals surface area contributed by atoms with Crippen molar-refractivity contribution in [3.63, 3.8) is 0 Å². The van der Waals surface area contributed by atoms with Gasteiger partial charge in [-0.05, 0) is 31.4 Å². The molecule has 2 amide bonds. The van der Waals surface area contributed by atoms with Crippen LogP contribution in [0, 0.1) is 0 Å². The van der Waals surface area contributed by atoms with E-state index in [0.29, 0.717) is 16.9 Å². The van der Waals surface area contributed by atoms with Crippen LogP contribution in [0.4, 0.5) is 0 Å². The van der Waals surface area contributed by atoms with E-state index in [1.54, 1.807) is 24.3 Å². The Labute approximate surface area is 151 Å². The number of hydrogen-bond donors (Lipinski definition) is 1. The molecule has 0 aliphatic carbocycles. The number of amides is 2. The zero-order valence-electron chi connectivity index (χ0n) is 13.3. The lowest BCUT2D eigenvalue weighted by Gasteiger charge is -2.29. The molecule has 1 aromatic rings. The Morgan fingerprint density at radius 2 is 1.71 bits per heavy atom. The number of aliphatic hydroxyl groups is 1. The number of fused-ring (bicyclic) bond motifs is 1. The summed E-state index contributed by atoms with van der Waals surface area (Å²) in [4.78, 5) is 27.9. The first-order valence-electron chi connectivity index (χ1n) is 8.13. The number of carbonyl (C=O) groups is 2. The van der Waals surface area contributed by atoms with Crippen molar-refractivity contribution in [1.29, 1.82) is 0 Å². The highest BCUT2D eigenvalue weighted by Gasteiger charge is 2.36. The van der Waals surface area contributed by atoms with Gasteiger partial charge in [0.25, 0.3) is 11.8 Å². The lowest BCUT2D eigenvalue weighted by molar-refractivity contribution is 0.0567. The van der Waals surface area contributed by atoms with Gasteiger partial charge in [-0.1, -0.05) is 36.1 Å². The van der Waals surface area contributed by atoms with Crippen LogP contribution in [0.15, 0.2) is 24.3 Å². The summed E-state index contributed by atoms with van der Waals surface area (Å²) in [6, 6.07) is 6.75. The maximum Gasteiger partial charge on any atom is 0.261 e. The SMILES string of the molecule is O=C1c2ccccc2C(=O)N1CC(O)CSC(=S)N1CCCCC1. The number of thioether (sulfide) groups is 1. The summed E-state index contributed by atoms with van der Waals surface area (Å²) < 4.78 is 0.788. The molecule has 7 heteroatoms. The molecule has 128 valence electrons. The first-order valence-corrected chi connectivity index (χ1v) is 9.52. The van der Waals surface area contributed by atoms with E-state index >= 15 is 0 Å². The fraction of sp³-hybridized carbons (Fsp3) is 0.471. The minimum Gasteiger partial charge on any atom is -0.390 e. The number of rotatable bonds is 4. The van der Waals surface area contributed by atoms with Crippen LogP contribution in [0.5, 0.6) is 0 Å². The van der Waals surface area contributed by atoms with Gasteiger partial charge in [-0.2, -0.15) is 0 Å². The van der Waals surface area contributed by atoms with Crippen LogP contribution >= 0.6 is 24.0 Å². The maximum atomic E-state index is 12.3. The predicted molar refractivity (Wildman–Crippen MR) is 98.3 cm³/mol. The number of aliphatic hydroxyl groups excluding tert-OH is 1. The number of nitrogens with zero attached hydrogens (tertiary/aromatic N) is 2. The van der Waals surface area contributed by atoms with Crippen LogP contribution in [-0.4, -0.2) is 62.5 Å². The molecule has 0 spiro atoms. The van der Waals surface area contributed by atoms with E-state index in [1.165, 1.54) is 18.2 Å². The van der Waals surface area contributed by atoms with Crippen molar-refractivity contribution in [1.82, 2.24) is 9.80 Å². The van der Waals surface area contributed by atoms with Gasteiger partial charge in [-0.25, -0.2) is 0 Å². The van der Waals surface area contributed by atoms with Crippen molar-refractivity contribution in [2.75, 3.05) is 25.4 Å². The van der Waals surface area contributed by atoms with Crippen LogP contribution in [-0.2, 0) is 0 Å². The van der Waals surface area contributed by atoms with Crippen molar-refractivity contribution >= 4 is 40.1 Å². The molecule has 0 bridgehead atoms. The molecule has 3 rings (SSSR count). The maximum absolute atomic E-state index is 12.3. The van der Waals surface area contributed by atoms with E-state index in [4.69, 9.17) is 12.2 Å². The molecule has 2 aliphatic heterocycles. The zero-order valence-corrected chi connectivity index (χ0v) is 14.9. The summed E-state index contributed by atoms with van der Waals surface area (Å²) in [5, 5.41) is 10.2. The molecule has 1 unspecified atom stereocenters. The molecule has 1 atom stereocenters. The molecule has 2 aliphatic rings. The van der Waals surface area contributed by atoms with Gasteiger partial charge < -0.3 is 10.0 Å². The van der Waals surface area contributed by atoms with E-state index in [2.05, 4.69) is 4.90 Å². The normalized spacial score (nSPS) is 18.7. The van der Waals surface area contributed by atoms with E-state index in [0.717, 1.165) is 35.2 Å². The third kappa shape index (κ3) is 3.63. The Balaban J connectivity index is 1.52. The highest BCUT2D eigenvalue weighted by Crippen LogP contribution is 2.23. The van der Waals surface area contributed by atoms with Crippen LogP contribution in [0.1, 0.15) is 40.0 Å². The molecule has 5 nitrogen and oxygen atoms in total. The molecule has 0 aromatic heterocycles. The number of hydrogen-bond acceptors (Lipinski definition) is 5. The highest BCUT2D eigenvalue weighted by molar-refractivity contribution is 8.22. The monoisotopic (exact) mass is 364 g/mol. The second-order valence-electron chi connectivity index (χ2n) is 6.04. The lowest BCUT2D eigenvalue weighted by Crippen LogP contribution is -2.38. The molecule has 1 fully saturated rings. The number of thiocarbonyl (C=S) groups is 1. The summed E-state index contributed by atoms with van der Waals surface area (Å²) in [5.74, 6) is -0.292. The van der Waals surface area contributed by atoms with Gasteiger partial charge >= 0.3 is 0 Å². The van der Waals surface area contributed by atoms with E-state index < -0.39 is 6.10 Å². The number of carbonyl (C=O) groups excluding carboxylic acids is 2. The topological polar surface area (TPSA) is 60.9 Å². The van der Waals surface area contributed by atoms with Crippen molar-refractivity contribution in [2.24, 2.45) is 0 Å². The average molecular weight is 364 g/mol. The molecule has 2 heterocycles. The molecule has 1 saturated heterocycles. The van der Waals surface area contributed by atoms with Gasteiger partial charge in [0.1, 0.15) is 4.32 Å². The van der Waals surface area contributed by atoms with E-state index in [1.807, 2.05) is 0 Å². The molecule has 1 N–H and O–H groups in total. The lowest BCUT2D eigenvalue weighted by atomic mass is 10.1. The first-order chi connectivity index (χ1) is 11.6. The first kappa shape index (κ1) is 17.4. The average Bonchev–Trinajstić information content (AvgIpc) is 2.86. The third-order valence-electron chi connectivity index (χ3n) is 4.28. The van der Waals surface area contributed by atoms with Gasteiger partial charge in [-0.15, -0.1) is 0 Å². The van der Waals surface area contributed by atoms with E-state index in [-0.39, 0.29) is 18.4 Å². The number of benzene rings is 1. The summed E-state index contributed by atoms with van der Waals surface area (Å²) >= 11 is 6.83. The molecule has 0 radical (unpaired) electrons. The molecular weight excluding hydrogens is 344 g/mol. The number of imide groups is 1. The fourth-order valence-electron chi connectivity index (χ4n) is 3.00. The van der Waals surface area contributed by atoms with Crippen LogP contribution in [0.25, 0.3) is 0 Å². The summed E-state index contributed by atoms with van der Waals surface area (Å²) in [7, 11) is 0. The largest absolute Gasteiger partial charge is 0.390 e. The van der Waals surface area contributed by atoms with Crippen LogP contribution in [0.3, 0.4) is 0 Å². The van der Waals surface area contributed by atoms with Gasteiger partial charge in [0, 0.05) is 18.8 Å².